The number of β-amino-alcohol motifs (C(OH)–C–C–N with tert-alkyl or cyclic N) is 1. The van der Waals surface area contributed by atoms with Crippen molar-refractivity contribution in [2.45, 2.75) is 58.2 Å². The zero-order valence-electron chi connectivity index (χ0n) is 15.4. The summed E-state index contributed by atoms with van der Waals surface area (Å²) in [5.74, 6) is 0.304. The molecule has 6 nitrogen and oxygen atoms in total. The number of unbranched alkanes of at least 4 members (excludes halogenated alkanes) is 1. The van der Waals surface area contributed by atoms with Crippen molar-refractivity contribution in [2.24, 2.45) is 0 Å². The Morgan fingerprint density at radius 3 is 2.96 bits per heavy atom. The molecule has 2 atom stereocenters. The summed E-state index contributed by atoms with van der Waals surface area (Å²) in [6.07, 6.45) is 3.73. The van der Waals surface area contributed by atoms with Crippen molar-refractivity contribution in [3.63, 3.8) is 0 Å². The summed E-state index contributed by atoms with van der Waals surface area (Å²) in [7, 11) is 0. The number of aromatic nitrogens is 1. The second-order valence-electron chi connectivity index (χ2n) is 6.97. The fraction of sp³-hybridized carbons (Fsp3) is 0.579. The molecular weight excluding hydrogens is 350 g/mol. The van der Waals surface area contributed by atoms with Crippen LogP contribution in [-0.4, -0.2) is 46.3 Å². The van der Waals surface area contributed by atoms with Crippen molar-refractivity contribution in [1.82, 2.24) is 15.4 Å². The third-order valence-electron chi connectivity index (χ3n) is 4.72. The molecule has 0 aliphatic carbocycles. The van der Waals surface area contributed by atoms with E-state index in [1.807, 2.05) is 11.3 Å². The van der Waals surface area contributed by atoms with Gasteiger partial charge in [-0.05, 0) is 38.3 Å². The predicted molar refractivity (Wildman–Crippen MR) is 101 cm³/mol. The lowest BCUT2D eigenvalue weighted by Gasteiger charge is -2.35. The molecular formula is C19H27N3O3S. The Morgan fingerprint density at radius 2 is 2.27 bits per heavy atom. The van der Waals surface area contributed by atoms with Gasteiger partial charge in [0.25, 0.3) is 5.91 Å². The molecule has 1 fully saturated rings. The van der Waals surface area contributed by atoms with Crippen LogP contribution in [-0.2, 0) is 13.0 Å². The highest BCUT2D eigenvalue weighted by Crippen LogP contribution is 2.22. The number of piperidine rings is 1. The van der Waals surface area contributed by atoms with Gasteiger partial charge in [0.05, 0.1) is 12.1 Å². The van der Waals surface area contributed by atoms with E-state index in [-0.39, 0.29) is 17.6 Å². The van der Waals surface area contributed by atoms with Gasteiger partial charge in [-0.2, -0.15) is 0 Å². The summed E-state index contributed by atoms with van der Waals surface area (Å²) < 4.78 is 4.93. The number of hydrogen-bond donors (Lipinski definition) is 2. The molecule has 0 unspecified atom stereocenters. The van der Waals surface area contributed by atoms with Gasteiger partial charge >= 0.3 is 0 Å². The number of nitrogens with one attached hydrogen (secondary N) is 1. The van der Waals surface area contributed by atoms with Crippen molar-refractivity contribution < 1.29 is 14.4 Å². The molecule has 0 aromatic carbocycles. The first-order chi connectivity index (χ1) is 12.5. The van der Waals surface area contributed by atoms with E-state index in [4.69, 9.17) is 4.52 Å². The highest BCUT2D eigenvalue weighted by Gasteiger charge is 2.29. The summed E-state index contributed by atoms with van der Waals surface area (Å²) in [6, 6.07) is 5.77. The second-order valence-corrected chi connectivity index (χ2v) is 8.22. The molecule has 0 bridgehead atoms. The topological polar surface area (TPSA) is 78.6 Å². The lowest BCUT2D eigenvalue weighted by molar-refractivity contribution is 0.0351. The molecule has 1 amide bonds. The average Bonchev–Trinajstić information content (AvgIpc) is 3.24. The molecule has 3 heterocycles. The SMILES string of the molecule is CCCCc1ccc(CN2CC[C@@H](NC(=O)c3cc(C)on3)[C@H](O)C2)s1. The number of amides is 1. The van der Waals surface area contributed by atoms with Crippen LogP contribution in [0.25, 0.3) is 0 Å². The number of carbonyl (C=O) groups excluding carboxylic acids is 1. The third-order valence-corrected chi connectivity index (χ3v) is 5.85. The fourth-order valence-corrected chi connectivity index (χ4v) is 4.34. The van der Waals surface area contributed by atoms with E-state index in [1.165, 1.54) is 22.6 Å². The first-order valence-corrected chi connectivity index (χ1v) is 10.1. The number of hydrogen-bond acceptors (Lipinski definition) is 6. The quantitative estimate of drug-likeness (QED) is 0.776. The van der Waals surface area contributed by atoms with Crippen molar-refractivity contribution in [3.05, 3.63) is 39.4 Å². The van der Waals surface area contributed by atoms with Crippen LogP contribution in [0.1, 0.15) is 52.2 Å². The number of rotatable bonds is 7. The van der Waals surface area contributed by atoms with E-state index in [9.17, 15) is 9.90 Å². The molecule has 1 aliphatic heterocycles. The van der Waals surface area contributed by atoms with Gasteiger partial charge in [0.15, 0.2) is 5.69 Å². The summed E-state index contributed by atoms with van der Waals surface area (Å²) in [5, 5.41) is 17.0. The smallest absolute Gasteiger partial charge is 0.273 e. The molecule has 1 saturated heterocycles. The van der Waals surface area contributed by atoms with E-state index in [2.05, 4.69) is 34.4 Å². The van der Waals surface area contributed by atoms with E-state index < -0.39 is 6.10 Å². The minimum atomic E-state index is -0.583. The third kappa shape index (κ3) is 4.93. The zero-order valence-corrected chi connectivity index (χ0v) is 16.2. The van der Waals surface area contributed by atoms with Gasteiger partial charge in [-0.25, -0.2) is 0 Å². The minimum Gasteiger partial charge on any atom is -0.390 e. The van der Waals surface area contributed by atoms with Crippen LogP contribution in [0.15, 0.2) is 22.7 Å². The number of aryl methyl sites for hydroxylation is 2. The fourth-order valence-electron chi connectivity index (χ4n) is 3.24. The number of thiophene rings is 1. The van der Waals surface area contributed by atoms with Crippen molar-refractivity contribution >= 4 is 17.2 Å². The largest absolute Gasteiger partial charge is 0.390 e. The summed E-state index contributed by atoms with van der Waals surface area (Å²) >= 11 is 1.87. The van der Waals surface area contributed by atoms with Gasteiger partial charge in [-0.15, -0.1) is 11.3 Å². The molecule has 2 aromatic rings. The molecule has 1 aliphatic rings. The van der Waals surface area contributed by atoms with Crippen LogP contribution in [0.3, 0.4) is 0 Å². The molecule has 26 heavy (non-hydrogen) atoms. The van der Waals surface area contributed by atoms with E-state index in [1.54, 1.807) is 13.0 Å². The van der Waals surface area contributed by atoms with Crippen LogP contribution in [0, 0.1) is 6.92 Å². The van der Waals surface area contributed by atoms with Crippen LogP contribution in [0.2, 0.25) is 0 Å². The van der Waals surface area contributed by atoms with E-state index in [0.717, 1.165) is 25.9 Å². The molecule has 7 heteroatoms. The number of carbonyl (C=O) groups is 1. The summed E-state index contributed by atoms with van der Waals surface area (Å²) in [5.41, 5.74) is 0.260. The molecule has 2 aromatic heterocycles. The van der Waals surface area contributed by atoms with Crippen LogP contribution in [0.5, 0.6) is 0 Å². The maximum Gasteiger partial charge on any atom is 0.273 e. The zero-order chi connectivity index (χ0) is 18.5. The van der Waals surface area contributed by atoms with Gasteiger partial charge in [0, 0.05) is 35.5 Å². The van der Waals surface area contributed by atoms with Crippen LogP contribution >= 0.6 is 11.3 Å². The molecule has 0 spiro atoms. The Labute approximate surface area is 158 Å². The summed E-state index contributed by atoms with van der Waals surface area (Å²) in [4.78, 5) is 17.2. The number of likely N-dealkylation sites (tertiary alicyclic amines) is 1. The van der Waals surface area contributed by atoms with Gasteiger partial charge in [0.1, 0.15) is 5.76 Å². The van der Waals surface area contributed by atoms with Crippen LogP contribution in [0.4, 0.5) is 0 Å². The van der Waals surface area contributed by atoms with Crippen molar-refractivity contribution in [1.29, 1.82) is 0 Å². The summed E-state index contributed by atoms with van der Waals surface area (Å²) in [6.45, 7) is 6.22. The van der Waals surface area contributed by atoms with Gasteiger partial charge in [-0.3, -0.25) is 9.69 Å². The highest BCUT2D eigenvalue weighted by molar-refractivity contribution is 7.11. The van der Waals surface area contributed by atoms with Gasteiger partial charge < -0.3 is 14.9 Å². The number of nitrogens with zero attached hydrogens (tertiary/aromatic N) is 2. The number of aliphatic hydroxyl groups is 1. The lowest BCUT2D eigenvalue weighted by Crippen LogP contribution is -2.53. The van der Waals surface area contributed by atoms with Crippen molar-refractivity contribution in [2.75, 3.05) is 13.1 Å². The highest BCUT2D eigenvalue weighted by atomic mass is 32.1. The first kappa shape index (κ1) is 19.1. The average molecular weight is 378 g/mol. The second kappa shape index (κ2) is 8.79. The Balaban J connectivity index is 1.48. The molecule has 0 radical (unpaired) electrons. The Kier molecular flexibility index (Phi) is 6.45. The van der Waals surface area contributed by atoms with Crippen molar-refractivity contribution in [3.8, 4) is 0 Å². The first-order valence-electron chi connectivity index (χ1n) is 9.27. The van der Waals surface area contributed by atoms with E-state index in [0.29, 0.717) is 12.3 Å². The predicted octanol–water partition coefficient (Wildman–Crippen LogP) is 2.75. The minimum absolute atomic E-state index is 0.251. The Morgan fingerprint density at radius 1 is 1.46 bits per heavy atom. The normalized spacial score (nSPS) is 21.0. The monoisotopic (exact) mass is 377 g/mol. The number of aliphatic hydroxyl groups excluding tert-OH is 1. The van der Waals surface area contributed by atoms with Gasteiger partial charge in [-0.1, -0.05) is 18.5 Å². The maximum absolute atomic E-state index is 12.2. The molecule has 0 saturated carbocycles. The van der Waals surface area contributed by atoms with E-state index >= 15 is 0 Å². The maximum atomic E-state index is 12.2. The van der Waals surface area contributed by atoms with Gasteiger partial charge in [0.2, 0.25) is 0 Å². The van der Waals surface area contributed by atoms with Crippen LogP contribution < -0.4 is 5.32 Å². The molecule has 142 valence electrons. The Hall–Kier alpha value is -1.70. The molecule has 3 rings (SSSR count). The Bertz CT molecular complexity index is 727. The lowest BCUT2D eigenvalue weighted by atomic mass is 10.0. The standard InChI is InChI=1S/C19H27N3O3S/c1-3-4-5-14-6-7-15(26-14)11-22-9-8-16(18(23)12-22)20-19(24)17-10-13(2)25-21-17/h6-7,10,16,18,23H,3-5,8-9,11-12H2,1-2H3,(H,20,24)/t16-,18-/m1/s1. The molecule has 2 N–H and O–H groups in total.